The molecule has 0 aliphatic heterocycles. The topological polar surface area (TPSA) is 173 Å². The largest absolute Gasteiger partial charge is 0.481 e. The Hall–Kier alpha value is -1.71. The molecular weight excluding hydrogens is 480 g/mol. The summed E-state index contributed by atoms with van der Waals surface area (Å²) in [6, 6.07) is 0. The maximum absolute atomic E-state index is 10.4. The van der Waals surface area contributed by atoms with E-state index in [0.29, 0.717) is 19.3 Å². The molecule has 0 aromatic rings. The van der Waals surface area contributed by atoms with E-state index in [1.165, 1.54) is 64.7 Å². The molecule has 0 heterocycles. The van der Waals surface area contributed by atoms with E-state index in [1.807, 2.05) is 0 Å². The minimum absolute atomic E-state index is 0.0628. The van der Waals surface area contributed by atoms with Crippen molar-refractivity contribution in [1.29, 1.82) is 0 Å². The van der Waals surface area contributed by atoms with Gasteiger partial charge in [0.15, 0.2) is 0 Å². The van der Waals surface area contributed by atoms with Gasteiger partial charge in [-0.15, -0.1) is 0 Å². The first-order valence-corrected chi connectivity index (χ1v) is 14.1. The molecule has 0 fully saturated rings. The lowest BCUT2D eigenvalue weighted by atomic mass is 9.96. The first kappa shape index (κ1) is 39.8. The van der Waals surface area contributed by atoms with E-state index in [0.717, 1.165) is 25.2 Å². The van der Waals surface area contributed by atoms with Crippen molar-refractivity contribution in [2.24, 2.45) is 5.92 Å². The molecule has 0 aromatic heterocycles. The van der Waals surface area contributed by atoms with Gasteiger partial charge in [0.2, 0.25) is 0 Å². The molecule has 9 heteroatoms. The summed E-state index contributed by atoms with van der Waals surface area (Å²) in [6.07, 6.45) is 15.5. The molecule has 3 unspecified atom stereocenters. The summed E-state index contributed by atoms with van der Waals surface area (Å²) < 4.78 is 0. The second-order valence-corrected chi connectivity index (χ2v) is 9.91. The van der Waals surface area contributed by atoms with E-state index < -0.39 is 30.1 Å². The number of carbonyl (C=O) groups is 3. The average molecular weight is 537 g/mol. The molecule has 37 heavy (non-hydrogen) atoms. The van der Waals surface area contributed by atoms with E-state index in [4.69, 9.17) is 25.5 Å². The maximum Gasteiger partial charge on any atom is 0.303 e. The van der Waals surface area contributed by atoms with Crippen LogP contribution >= 0.6 is 0 Å². The minimum Gasteiger partial charge on any atom is -0.481 e. The maximum atomic E-state index is 10.4. The summed E-state index contributed by atoms with van der Waals surface area (Å²) in [5, 5.41) is 50.4. The Balaban J connectivity index is -0.000000632. The van der Waals surface area contributed by atoms with Crippen LogP contribution < -0.4 is 0 Å². The first-order chi connectivity index (χ1) is 17.5. The van der Waals surface area contributed by atoms with Crippen LogP contribution in [-0.4, -0.2) is 67.4 Å². The zero-order chi connectivity index (χ0) is 28.9. The molecule has 9 nitrogen and oxygen atoms in total. The van der Waals surface area contributed by atoms with Gasteiger partial charge >= 0.3 is 17.9 Å². The lowest BCUT2D eigenvalue weighted by Gasteiger charge is -2.11. The van der Waals surface area contributed by atoms with Crippen LogP contribution in [0.2, 0.25) is 0 Å². The van der Waals surface area contributed by atoms with Crippen molar-refractivity contribution < 1.29 is 45.0 Å². The number of carboxylic acid groups (broad SMARTS) is 3. The summed E-state index contributed by atoms with van der Waals surface area (Å²) >= 11 is 0. The summed E-state index contributed by atoms with van der Waals surface area (Å²) in [5.41, 5.74) is 0. The van der Waals surface area contributed by atoms with Gasteiger partial charge in [-0.1, -0.05) is 84.5 Å². The highest BCUT2D eigenvalue weighted by Crippen LogP contribution is 2.18. The molecule has 0 saturated carbocycles. The van der Waals surface area contributed by atoms with Crippen LogP contribution in [0.4, 0.5) is 0 Å². The van der Waals surface area contributed by atoms with Crippen molar-refractivity contribution in [3.8, 4) is 0 Å². The molecule has 0 spiro atoms. The van der Waals surface area contributed by atoms with Crippen LogP contribution in [0.15, 0.2) is 0 Å². The Morgan fingerprint density at radius 3 is 1.32 bits per heavy atom. The fourth-order valence-corrected chi connectivity index (χ4v) is 3.45. The van der Waals surface area contributed by atoms with Gasteiger partial charge in [0.25, 0.3) is 0 Å². The third kappa shape index (κ3) is 44.7. The molecule has 0 aliphatic rings. The number of rotatable bonds is 22. The van der Waals surface area contributed by atoms with Gasteiger partial charge in [-0.25, -0.2) is 0 Å². The normalized spacial score (nSPS) is 12.8. The predicted octanol–water partition coefficient (Wildman–Crippen LogP) is 5.62. The van der Waals surface area contributed by atoms with Crippen molar-refractivity contribution in [2.75, 3.05) is 6.61 Å². The summed E-state index contributed by atoms with van der Waals surface area (Å²) in [4.78, 5) is 30.2. The lowest BCUT2D eigenvalue weighted by Crippen LogP contribution is -2.09. The second-order valence-electron chi connectivity index (χ2n) is 9.91. The van der Waals surface area contributed by atoms with E-state index in [9.17, 15) is 19.5 Å². The van der Waals surface area contributed by atoms with Gasteiger partial charge in [-0.2, -0.15) is 0 Å². The van der Waals surface area contributed by atoms with E-state index >= 15 is 0 Å². The standard InChI is InChI=1S/C19H38O3.C6H10O4.C3H8O2/c1-3-4-5-9-12-17(2)13-10-7-6-8-11-14-18(20)15-16-19(21)22;7-5(8)3-1-2-4-6(9)10;1-3(5)2-4/h17-18,20H,3-16H2,1-2H3,(H,21,22);1-4H2,(H,7,8)(H,9,10);3-5H,2H2,1H3. The Labute approximate surface area is 224 Å². The first-order valence-electron chi connectivity index (χ1n) is 14.1. The van der Waals surface area contributed by atoms with E-state index in [1.54, 1.807) is 0 Å². The predicted molar refractivity (Wildman–Crippen MR) is 146 cm³/mol. The summed E-state index contributed by atoms with van der Waals surface area (Å²) in [7, 11) is 0. The number of hydrogen-bond acceptors (Lipinski definition) is 6. The van der Waals surface area contributed by atoms with Crippen molar-refractivity contribution in [2.45, 2.75) is 149 Å². The number of aliphatic hydroxyl groups is 3. The second kappa shape index (κ2) is 30.5. The highest BCUT2D eigenvalue weighted by molar-refractivity contribution is 5.68. The highest BCUT2D eigenvalue weighted by Gasteiger charge is 2.07. The van der Waals surface area contributed by atoms with Crippen LogP contribution in [0.3, 0.4) is 0 Å². The van der Waals surface area contributed by atoms with Crippen LogP contribution in [0.1, 0.15) is 136 Å². The molecule has 0 bridgehead atoms. The molecule has 6 N–H and O–H groups in total. The number of hydrogen-bond donors (Lipinski definition) is 6. The number of carboxylic acids is 3. The molecule has 0 aromatic carbocycles. The van der Waals surface area contributed by atoms with Crippen molar-refractivity contribution in [1.82, 2.24) is 0 Å². The van der Waals surface area contributed by atoms with Crippen molar-refractivity contribution >= 4 is 17.9 Å². The van der Waals surface area contributed by atoms with Gasteiger partial charge in [0.05, 0.1) is 18.8 Å². The molecule has 222 valence electrons. The van der Waals surface area contributed by atoms with Gasteiger partial charge in [-0.05, 0) is 38.5 Å². The molecule has 3 atom stereocenters. The van der Waals surface area contributed by atoms with E-state index in [-0.39, 0.29) is 25.9 Å². The van der Waals surface area contributed by atoms with Gasteiger partial charge in [-0.3, -0.25) is 14.4 Å². The zero-order valence-corrected chi connectivity index (χ0v) is 23.6. The van der Waals surface area contributed by atoms with Crippen molar-refractivity contribution in [3.05, 3.63) is 0 Å². The molecule has 0 radical (unpaired) electrons. The average Bonchev–Trinajstić information content (AvgIpc) is 2.83. The number of aliphatic hydroxyl groups excluding tert-OH is 3. The quantitative estimate of drug-likeness (QED) is 0.0959. The fourth-order valence-electron chi connectivity index (χ4n) is 3.45. The van der Waals surface area contributed by atoms with Crippen molar-refractivity contribution in [3.63, 3.8) is 0 Å². The van der Waals surface area contributed by atoms with Crippen LogP contribution in [-0.2, 0) is 14.4 Å². The fraction of sp³-hybridized carbons (Fsp3) is 0.893. The SMILES string of the molecule is CC(O)CO.CCCCCCC(C)CCCCCCCC(O)CCC(=O)O.O=C(O)CCCCC(=O)O. The summed E-state index contributed by atoms with van der Waals surface area (Å²) in [5.74, 6) is -1.69. The van der Waals surface area contributed by atoms with Gasteiger partial charge in [0, 0.05) is 19.3 Å². The van der Waals surface area contributed by atoms with Gasteiger partial charge in [0.1, 0.15) is 0 Å². The smallest absolute Gasteiger partial charge is 0.303 e. The molecule has 0 aliphatic carbocycles. The molecule has 0 saturated heterocycles. The van der Waals surface area contributed by atoms with Crippen LogP contribution in [0.25, 0.3) is 0 Å². The Bertz CT molecular complexity index is 508. The Morgan fingerprint density at radius 2 is 0.946 bits per heavy atom. The van der Waals surface area contributed by atoms with Gasteiger partial charge < -0.3 is 30.6 Å². The molecular formula is C28H56O9. The third-order valence-corrected chi connectivity index (χ3v) is 5.77. The lowest BCUT2D eigenvalue weighted by molar-refractivity contribution is -0.139. The Kier molecular flexibility index (Phi) is 32.8. The van der Waals surface area contributed by atoms with E-state index in [2.05, 4.69) is 13.8 Å². The molecule has 0 rings (SSSR count). The monoisotopic (exact) mass is 536 g/mol. The van der Waals surface area contributed by atoms with Crippen LogP contribution in [0.5, 0.6) is 0 Å². The van der Waals surface area contributed by atoms with Crippen LogP contribution in [0, 0.1) is 5.92 Å². The molecule has 0 amide bonds. The number of unbranched alkanes of at least 4 members (excludes halogenated alkanes) is 8. The highest BCUT2D eigenvalue weighted by atomic mass is 16.4. The number of aliphatic carboxylic acids is 3. The Morgan fingerprint density at radius 1 is 0.568 bits per heavy atom. The third-order valence-electron chi connectivity index (χ3n) is 5.77. The minimum atomic E-state index is -0.870. The zero-order valence-electron chi connectivity index (χ0n) is 23.6. The summed E-state index contributed by atoms with van der Waals surface area (Å²) in [6.45, 7) is 6.03.